The third kappa shape index (κ3) is 3.99. The Morgan fingerprint density at radius 3 is 2.39 bits per heavy atom. The second-order valence-corrected chi connectivity index (χ2v) is 6.87. The normalized spacial score (nSPS) is 24.1. The summed E-state index contributed by atoms with van der Waals surface area (Å²) in [6.07, 6.45) is 0. The van der Waals surface area contributed by atoms with Crippen LogP contribution in [0.15, 0.2) is 54.6 Å². The standard InChI is InChI=1S/C20H26N2O/c1-16-8-10-18(11-9-16)19(17-6-4-3-5-7-17)22-13-12-21-14-20(2,23)15-22/h3-11,19,21,23H,12-15H2,1-2H3. The molecule has 2 aromatic rings. The number of rotatable bonds is 3. The molecule has 0 radical (unpaired) electrons. The van der Waals surface area contributed by atoms with Crippen molar-refractivity contribution in [3.63, 3.8) is 0 Å². The molecule has 2 unspecified atom stereocenters. The molecule has 2 aromatic carbocycles. The first-order chi connectivity index (χ1) is 11.1. The minimum atomic E-state index is -0.714. The van der Waals surface area contributed by atoms with Gasteiger partial charge >= 0.3 is 0 Å². The first-order valence-electron chi connectivity index (χ1n) is 8.34. The van der Waals surface area contributed by atoms with E-state index >= 15 is 0 Å². The highest BCUT2D eigenvalue weighted by molar-refractivity contribution is 5.33. The van der Waals surface area contributed by atoms with E-state index in [1.165, 1.54) is 16.7 Å². The van der Waals surface area contributed by atoms with Crippen molar-refractivity contribution in [2.24, 2.45) is 0 Å². The van der Waals surface area contributed by atoms with Gasteiger partial charge in [0.25, 0.3) is 0 Å². The molecule has 2 N–H and O–H groups in total. The number of aryl methyl sites for hydroxylation is 1. The number of nitrogens with zero attached hydrogens (tertiary/aromatic N) is 1. The molecule has 122 valence electrons. The van der Waals surface area contributed by atoms with Gasteiger partial charge in [0, 0.05) is 26.2 Å². The molecule has 0 aliphatic carbocycles. The van der Waals surface area contributed by atoms with E-state index in [1.54, 1.807) is 0 Å². The second-order valence-electron chi connectivity index (χ2n) is 6.87. The van der Waals surface area contributed by atoms with Crippen LogP contribution in [0.4, 0.5) is 0 Å². The van der Waals surface area contributed by atoms with Gasteiger partial charge in [-0.2, -0.15) is 0 Å². The highest BCUT2D eigenvalue weighted by Gasteiger charge is 2.31. The van der Waals surface area contributed by atoms with E-state index in [4.69, 9.17) is 0 Å². The van der Waals surface area contributed by atoms with Crippen LogP contribution in [0, 0.1) is 6.92 Å². The van der Waals surface area contributed by atoms with Gasteiger partial charge in [0.1, 0.15) is 0 Å². The topological polar surface area (TPSA) is 35.5 Å². The maximum atomic E-state index is 10.6. The van der Waals surface area contributed by atoms with Crippen molar-refractivity contribution >= 4 is 0 Å². The van der Waals surface area contributed by atoms with E-state index in [9.17, 15) is 5.11 Å². The summed E-state index contributed by atoms with van der Waals surface area (Å²) in [7, 11) is 0. The number of aliphatic hydroxyl groups is 1. The van der Waals surface area contributed by atoms with Gasteiger partial charge in [0.05, 0.1) is 11.6 Å². The number of benzene rings is 2. The van der Waals surface area contributed by atoms with E-state index in [-0.39, 0.29) is 6.04 Å². The van der Waals surface area contributed by atoms with Crippen LogP contribution < -0.4 is 5.32 Å². The molecule has 23 heavy (non-hydrogen) atoms. The van der Waals surface area contributed by atoms with Crippen LogP contribution in [0.3, 0.4) is 0 Å². The van der Waals surface area contributed by atoms with Gasteiger partial charge in [-0.15, -0.1) is 0 Å². The van der Waals surface area contributed by atoms with Gasteiger partial charge in [-0.1, -0.05) is 60.2 Å². The Labute approximate surface area is 139 Å². The summed E-state index contributed by atoms with van der Waals surface area (Å²) in [5.74, 6) is 0. The van der Waals surface area contributed by atoms with Crippen molar-refractivity contribution in [3.8, 4) is 0 Å². The minimum Gasteiger partial charge on any atom is -0.388 e. The van der Waals surface area contributed by atoms with Crippen LogP contribution in [0.5, 0.6) is 0 Å². The third-order valence-corrected chi connectivity index (χ3v) is 4.50. The Morgan fingerprint density at radius 2 is 1.70 bits per heavy atom. The number of hydrogen-bond acceptors (Lipinski definition) is 3. The lowest BCUT2D eigenvalue weighted by atomic mass is 9.95. The zero-order valence-corrected chi connectivity index (χ0v) is 14.0. The molecule has 1 heterocycles. The fraction of sp³-hybridized carbons (Fsp3) is 0.400. The first kappa shape index (κ1) is 16.2. The minimum absolute atomic E-state index is 0.170. The molecule has 3 rings (SSSR count). The SMILES string of the molecule is Cc1ccc(C(c2ccccc2)N2CCNCC(C)(O)C2)cc1. The van der Waals surface area contributed by atoms with Crippen molar-refractivity contribution in [1.29, 1.82) is 0 Å². The molecule has 3 nitrogen and oxygen atoms in total. The van der Waals surface area contributed by atoms with E-state index in [2.05, 4.69) is 71.7 Å². The number of hydrogen-bond donors (Lipinski definition) is 2. The van der Waals surface area contributed by atoms with Gasteiger partial charge < -0.3 is 10.4 Å². The zero-order valence-electron chi connectivity index (χ0n) is 14.0. The maximum Gasteiger partial charge on any atom is 0.0870 e. The lowest BCUT2D eigenvalue weighted by Gasteiger charge is -2.35. The molecular weight excluding hydrogens is 284 g/mol. The molecule has 0 aromatic heterocycles. The average Bonchev–Trinajstić information content (AvgIpc) is 2.71. The molecule has 1 saturated heterocycles. The molecular formula is C20H26N2O. The maximum absolute atomic E-state index is 10.6. The third-order valence-electron chi connectivity index (χ3n) is 4.50. The Balaban J connectivity index is 1.99. The highest BCUT2D eigenvalue weighted by atomic mass is 16.3. The van der Waals surface area contributed by atoms with Gasteiger partial charge in [-0.25, -0.2) is 0 Å². The monoisotopic (exact) mass is 310 g/mol. The van der Waals surface area contributed by atoms with E-state index in [0.717, 1.165) is 13.1 Å². The van der Waals surface area contributed by atoms with Gasteiger partial charge in [-0.05, 0) is 25.0 Å². The van der Waals surface area contributed by atoms with Crippen molar-refractivity contribution in [1.82, 2.24) is 10.2 Å². The molecule has 0 spiro atoms. The number of nitrogens with one attached hydrogen (secondary N) is 1. The smallest absolute Gasteiger partial charge is 0.0870 e. The van der Waals surface area contributed by atoms with E-state index < -0.39 is 5.60 Å². The molecule has 0 saturated carbocycles. The summed E-state index contributed by atoms with van der Waals surface area (Å²) in [6, 6.07) is 19.5. The lowest BCUT2D eigenvalue weighted by Crippen LogP contribution is -2.44. The fourth-order valence-electron chi connectivity index (χ4n) is 3.37. The summed E-state index contributed by atoms with van der Waals surface area (Å²) < 4.78 is 0. The molecule has 0 amide bonds. The Kier molecular flexibility index (Phi) is 4.81. The molecule has 3 heteroatoms. The fourth-order valence-corrected chi connectivity index (χ4v) is 3.37. The zero-order chi connectivity index (χ0) is 16.3. The van der Waals surface area contributed by atoms with Crippen molar-refractivity contribution in [2.45, 2.75) is 25.5 Å². The predicted molar refractivity (Wildman–Crippen MR) is 94.5 cm³/mol. The van der Waals surface area contributed by atoms with Crippen LogP contribution >= 0.6 is 0 Å². The van der Waals surface area contributed by atoms with Crippen LogP contribution in [0.1, 0.15) is 29.7 Å². The lowest BCUT2D eigenvalue weighted by molar-refractivity contribution is 0.0260. The second kappa shape index (κ2) is 6.83. The average molecular weight is 310 g/mol. The van der Waals surface area contributed by atoms with Crippen molar-refractivity contribution in [3.05, 3.63) is 71.3 Å². The number of β-amino-alcohol motifs (C(OH)–C–C–N with tert-alkyl or cyclic N) is 1. The van der Waals surface area contributed by atoms with E-state index in [0.29, 0.717) is 13.1 Å². The Hall–Kier alpha value is -1.68. The van der Waals surface area contributed by atoms with Crippen LogP contribution in [-0.2, 0) is 0 Å². The summed E-state index contributed by atoms with van der Waals surface area (Å²) in [5.41, 5.74) is 3.10. The summed E-state index contributed by atoms with van der Waals surface area (Å²) in [5, 5.41) is 14.0. The Bertz CT molecular complexity index is 622. The molecule has 2 atom stereocenters. The van der Waals surface area contributed by atoms with Gasteiger partial charge in [0.2, 0.25) is 0 Å². The van der Waals surface area contributed by atoms with Gasteiger partial charge in [0.15, 0.2) is 0 Å². The highest BCUT2D eigenvalue weighted by Crippen LogP contribution is 2.30. The summed E-state index contributed by atoms with van der Waals surface area (Å²) in [6.45, 7) is 7.14. The van der Waals surface area contributed by atoms with Gasteiger partial charge in [-0.3, -0.25) is 4.90 Å². The summed E-state index contributed by atoms with van der Waals surface area (Å²) in [4.78, 5) is 2.39. The van der Waals surface area contributed by atoms with Crippen LogP contribution in [0.2, 0.25) is 0 Å². The Morgan fingerprint density at radius 1 is 1.04 bits per heavy atom. The molecule has 0 bridgehead atoms. The molecule has 1 fully saturated rings. The van der Waals surface area contributed by atoms with Crippen molar-refractivity contribution < 1.29 is 5.11 Å². The van der Waals surface area contributed by atoms with Crippen molar-refractivity contribution in [2.75, 3.05) is 26.2 Å². The quantitative estimate of drug-likeness (QED) is 0.915. The summed E-state index contributed by atoms with van der Waals surface area (Å²) >= 11 is 0. The predicted octanol–water partition coefficient (Wildman–Crippen LogP) is 2.74. The first-order valence-corrected chi connectivity index (χ1v) is 8.34. The molecule has 1 aliphatic heterocycles. The molecule has 1 aliphatic rings. The van der Waals surface area contributed by atoms with E-state index in [1.807, 2.05) is 6.92 Å². The largest absolute Gasteiger partial charge is 0.388 e. The van der Waals surface area contributed by atoms with Crippen LogP contribution in [0.25, 0.3) is 0 Å². The van der Waals surface area contributed by atoms with Crippen LogP contribution in [-0.4, -0.2) is 41.8 Å².